The molecule has 1 unspecified atom stereocenters. The minimum atomic E-state index is 0.414. The van der Waals surface area contributed by atoms with Crippen LogP contribution in [0.5, 0.6) is 0 Å². The van der Waals surface area contributed by atoms with Crippen LogP contribution in [0.15, 0.2) is 36.4 Å². The summed E-state index contributed by atoms with van der Waals surface area (Å²) < 4.78 is 0. The Morgan fingerprint density at radius 3 is 2.53 bits per heavy atom. The molecule has 0 aromatic heterocycles. The van der Waals surface area contributed by atoms with Crippen LogP contribution in [-0.4, -0.2) is 0 Å². The quantitative estimate of drug-likeness (QED) is 0.793. The molecule has 3 N–H and O–H groups in total. The minimum absolute atomic E-state index is 0.414. The van der Waals surface area contributed by atoms with Gasteiger partial charge in [0.25, 0.3) is 0 Å². The van der Waals surface area contributed by atoms with Gasteiger partial charge in [0.15, 0.2) is 0 Å². The topological polar surface area (TPSA) is 38.0 Å². The van der Waals surface area contributed by atoms with Crippen molar-refractivity contribution in [2.45, 2.75) is 32.7 Å². The van der Waals surface area contributed by atoms with Gasteiger partial charge in [-0.25, -0.2) is 0 Å². The van der Waals surface area contributed by atoms with E-state index < -0.39 is 0 Å². The number of nitrogens with two attached hydrogens (primary N) is 1. The van der Waals surface area contributed by atoms with Crippen LogP contribution in [0.3, 0.4) is 0 Å². The Morgan fingerprint density at radius 2 is 1.79 bits per heavy atom. The van der Waals surface area contributed by atoms with E-state index in [0.717, 1.165) is 18.5 Å². The molecular weight excluding hydrogens is 232 g/mol. The first kappa shape index (κ1) is 12.1. The first-order valence-corrected chi connectivity index (χ1v) is 6.85. The summed E-state index contributed by atoms with van der Waals surface area (Å²) in [5.41, 5.74) is 13.3. The first-order valence-electron chi connectivity index (χ1n) is 6.85. The molecule has 0 saturated carbocycles. The molecule has 98 valence electrons. The summed E-state index contributed by atoms with van der Waals surface area (Å²) in [7, 11) is 0. The number of anilines is 2. The number of hydrogen-bond donors (Lipinski definition) is 2. The van der Waals surface area contributed by atoms with Crippen molar-refractivity contribution in [3.63, 3.8) is 0 Å². The van der Waals surface area contributed by atoms with Crippen molar-refractivity contribution in [3.05, 3.63) is 58.7 Å². The predicted molar refractivity (Wildman–Crippen MR) is 81.5 cm³/mol. The lowest BCUT2D eigenvalue weighted by Gasteiger charge is -2.16. The van der Waals surface area contributed by atoms with Crippen molar-refractivity contribution in [2.75, 3.05) is 11.1 Å². The van der Waals surface area contributed by atoms with Crippen molar-refractivity contribution in [2.24, 2.45) is 0 Å². The van der Waals surface area contributed by atoms with Crippen LogP contribution < -0.4 is 11.1 Å². The van der Waals surface area contributed by atoms with Gasteiger partial charge in [-0.15, -0.1) is 0 Å². The molecule has 0 spiro atoms. The predicted octanol–water partition coefficient (Wildman–Crippen LogP) is 3.99. The van der Waals surface area contributed by atoms with Gasteiger partial charge in [-0.1, -0.05) is 12.1 Å². The third-order valence-electron chi connectivity index (χ3n) is 3.81. The fourth-order valence-corrected chi connectivity index (χ4v) is 3.05. The molecule has 1 aliphatic carbocycles. The highest BCUT2D eigenvalue weighted by Gasteiger charge is 2.22. The number of hydrogen-bond acceptors (Lipinski definition) is 2. The highest BCUT2D eigenvalue weighted by Crippen LogP contribution is 2.35. The third-order valence-corrected chi connectivity index (χ3v) is 3.81. The number of aryl methyl sites for hydroxylation is 3. The highest BCUT2D eigenvalue weighted by atomic mass is 14.9. The van der Waals surface area contributed by atoms with Gasteiger partial charge in [0.2, 0.25) is 0 Å². The average Bonchev–Trinajstić information content (AvgIpc) is 2.70. The molecule has 2 nitrogen and oxygen atoms in total. The number of nitrogen functional groups attached to an aromatic ring is 1. The second-order valence-electron chi connectivity index (χ2n) is 5.57. The van der Waals surface area contributed by atoms with Crippen molar-refractivity contribution >= 4 is 11.4 Å². The Hall–Kier alpha value is -1.96. The summed E-state index contributed by atoms with van der Waals surface area (Å²) in [4.78, 5) is 0. The Kier molecular flexibility index (Phi) is 2.94. The fourth-order valence-electron chi connectivity index (χ4n) is 3.05. The van der Waals surface area contributed by atoms with Crippen molar-refractivity contribution in [3.8, 4) is 0 Å². The van der Waals surface area contributed by atoms with Crippen molar-refractivity contribution in [1.82, 2.24) is 0 Å². The summed E-state index contributed by atoms with van der Waals surface area (Å²) in [6.45, 7) is 4.28. The lowest BCUT2D eigenvalue weighted by Crippen LogP contribution is -2.07. The number of nitrogens with one attached hydrogen (secondary N) is 1. The summed E-state index contributed by atoms with van der Waals surface area (Å²) in [5, 5.41) is 3.66. The molecule has 3 rings (SSSR count). The Bertz CT molecular complexity index is 596. The minimum Gasteiger partial charge on any atom is -0.399 e. The molecule has 19 heavy (non-hydrogen) atoms. The van der Waals surface area contributed by atoms with Gasteiger partial charge >= 0.3 is 0 Å². The second-order valence-corrected chi connectivity index (χ2v) is 5.57. The lowest BCUT2D eigenvalue weighted by molar-refractivity contribution is 0.762. The van der Waals surface area contributed by atoms with E-state index in [0.29, 0.717) is 6.04 Å². The van der Waals surface area contributed by atoms with Gasteiger partial charge in [0.05, 0.1) is 6.04 Å². The summed E-state index contributed by atoms with van der Waals surface area (Å²) in [6.07, 6.45) is 2.26. The third kappa shape index (κ3) is 2.43. The fraction of sp³-hybridized carbons (Fsp3) is 0.294. The Labute approximate surface area is 114 Å². The summed E-state index contributed by atoms with van der Waals surface area (Å²) in [5.74, 6) is 0. The average molecular weight is 252 g/mol. The van der Waals surface area contributed by atoms with Crippen LogP contribution in [0, 0.1) is 13.8 Å². The van der Waals surface area contributed by atoms with E-state index in [1.165, 1.54) is 27.9 Å². The van der Waals surface area contributed by atoms with E-state index in [9.17, 15) is 0 Å². The number of rotatable bonds is 2. The zero-order chi connectivity index (χ0) is 13.4. The van der Waals surface area contributed by atoms with Crippen LogP contribution in [0.25, 0.3) is 0 Å². The molecule has 0 amide bonds. The summed E-state index contributed by atoms with van der Waals surface area (Å²) >= 11 is 0. The zero-order valence-electron chi connectivity index (χ0n) is 11.5. The molecule has 0 bridgehead atoms. The first-order chi connectivity index (χ1) is 9.11. The second kappa shape index (κ2) is 4.61. The number of benzene rings is 2. The monoisotopic (exact) mass is 252 g/mol. The van der Waals surface area contributed by atoms with Crippen molar-refractivity contribution in [1.29, 1.82) is 0 Å². The highest BCUT2D eigenvalue weighted by molar-refractivity contribution is 5.54. The lowest BCUT2D eigenvalue weighted by atomic mass is 10.1. The summed E-state index contributed by atoms with van der Waals surface area (Å²) in [6, 6.07) is 13.3. The van der Waals surface area contributed by atoms with E-state index in [4.69, 9.17) is 5.73 Å². The molecule has 0 fully saturated rings. The Balaban J connectivity index is 1.86. The normalized spacial score (nSPS) is 17.3. The standard InChI is InChI=1S/C17H20N2/c1-11-7-12(2)9-15(8-11)19-17-6-3-13-10-14(18)4-5-16(13)17/h4-5,7-10,17,19H,3,6,18H2,1-2H3. The molecule has 2 aromatic rings. The molecule has 0 radical (unpaired) electrons. The van der Waals surface area contributed by atoms with Gasteiger partial charge in [-0.05, 0) is 73.2 Å². The van der Waals surface area contributed by atoms with E-state index in [-0.39, 0.29) is 0 Å². The molecule has 2 heteroatoms. The van der Waals surface area contributed by atoms with Crippen LogP contribution in [0.1, 0.15) is 34.7 Å². The van der Waals surface area contributed by atoms with Gasteiger partial charge in [0.1, 0.15) is 0 Å². The van der Waals surface area contributed by atoms with E-state index in [1.54, 1.807) is 0 Å². The van der Waals surface area contributed by atoms with Crippen LogP contribution in [-0.2, 0) is 6.42 Å². The van der Waals surface area contributed by atoms with Crippen LogP contribution >= 0.6 is 0 Å². The number of fused-ring (bicyclic) bond motifs is 1. The van der Waals surface area contributed by atoms with Crippen molar-refractivity contribution < 1.29 is 0 Å². The molecule has 0 aliphatic heterocycles. The van der Waals surface area contributed by atoms with Gasteiger partial charge in [-0.3, -0.25) is 0 Å². The maximum absolute atomic E-state index is 5.85. The Morgan fingerprint density at radius 1 is 1.05 bits per heavy atom. The maximum atomic E-state index is 5.85. The molecular formula is C17H20N2. The molecule has 1 atom stereocenters. The molecule has 2 aromatic carbocycles. The van der Waals surface area contributed by atoms with E-state index in [2.05, 4.69) is 49.5 Å². The van der Waals surface area contributed by atoms with Gasteiger partial charge < -0.3 is 11.1 Å². The van der Waals surface area contributed by atoms with Crippen LogP contribution in [0.2, 0.25) is 0 Å². The van der Waals surface area contributed by atoms with Gasteiger partial charge in [-0.2, -0.15) is 0 Å². The molecule has 0 saturated heterocycles. The van der Waals surface area contributed by atoms with E-state index in [1.807, 2.05) is 6.07 Å². The maximum Gasteiger partial charge on any atom is 0.0519 e. The smallest absolute Gasteiger partial charge is 0.0519 e. The van der Waals surface area contributed by atoms with Gasteiger partial charge in [0, 0.05) is 11.4 Å². The van der Waals surface area contributed by atoms with E-state index >= 15 is 0 Å². The molecule has 0 heterocycles. The molecule has 1 aliphatic rings. The SMILES string of the molecule is Cc1cc(C)cc(NC2CCc3cc(N)ccc32)c1. The van der Waals surface area contributed by atoms with Crippen LogP contribution in [0.4, 0.5) is 11.4 Å². The largest absolute Gasteiger partial charge is 0.399 e. The zero-order valence-corrected chi connectivity index (χ0v) is 11.5.